The van der Waals surface area contributed by atoms with Crippen LogP contribution in [0.3, 0.4) is 0 Å². The Bertz CT molecular complexity index is 782. The predicted molar refractivity (Wildman–Crippen MR) is 92.6 cm³/mol. The molecule has 6 heteroatoms. The molecule has 0 saturated heterocycles. The molecule has 0 aliphatic rings. The standard InChI is InChI=1S/C11H12O2.C7H8O3S/c1-13-11-7-5-10(6-8-11)4-2-3-9-12;1-6-2-4-7(5-3-6)11(8,9)10/h5-8,12H,3,9H2,1H3;2-5H,1H3,(H,8,9,10). The number of methoxy groups -OCH3 is 1. The first-order valence-corrected chi connectivity index (χ1v) is 8.58. The van der Waals surface area contributed by atoms with E-state index in [1.807, 2.05) is 31.2 Å². The average Bonchev–Trinajstić information content (AvgIpc) is 2.56. The number of hydrogen-bond donors (Lipinski definition) is 2. The van der Waals surface area contributed by atoms with Crippen molar-refractivity contribution in [3.8, 4) is 17.6 Å². The Morgan fingerprint density at radius 2 is 1.62 bits per heavy atom. The molecule has 0 fully saturated rings. The molecule has 0 aliphatic heterocycles. The van der Waals surface area contributed by atoms with Crippen LogP contribution in [0.15, 0.2) is 53.4 Å². The third-order valence-corrected chi connectivity index (χ3v) is 3.75. The molecule has 128 valence electrons. The minimum absolute atomic E-state index is 0.0666. The fourth-order valence-electron chi connectivity index (χ4n) is 1.61. The Morgan fingerprint density at radius 3 is 2.08 bits per heavy atom. The van der Waals surface area contributed by atoms with Crippen molar-refractivity contribution in [3.05, 3.63) is 59.7 Å². The maximum Gasteiger partial charge on any atom is 0.294 e. The first kappa shape index (κ1) is 19.7. The molecule has 0 saturated carbocycles. The van der Waals surface area contributed by atoms with Crippen LogP contribution in [-0.4, -0.2) is 31.8 Å². The molecule has 0 amide bonds. The Morgan fingerprint density at radius 1 is 1.04 bits per heavy atom. The highest BCUT2D eigenvalue weighted by molar-refractivity contribution is 7.85. The van der Waals surface area contributed by atoms with Gasteiger partial charge in [-0.2, -0.15) is 8.42 Å². The second-order valence-electron chi connectivity index (χ2n) is 4.79. The average molecular weight is 348 g/mol. The van der Waals surface area contributed by atoms with Crippen molar-refractivity contribution in [2.24, 2.45) is 0 Å². The van der Waals surface area contributed by atoms with E-state index in [-0.39, 0.29) is 11.5 Å². The fraction of sp³-hybridized carbons (Fsp3) is 0.222. The van der Waals surface area contributed by atoms with E-state index in [1.165, 1.54) is 12.1 Å². The molecular weight excluding hydrogens is 328 g/mol. The molecule has 0 bridgehead atoms. The van der Waals surface area contributed by atoms with E-state index < -0.39 is 10.1 Å². The molecule has 24 heavy (non-hydrogen) atoms. The maximum absolute atomic E-state index is 10.5. The Labute approximate surface area is 142 Å². The highest BCUT2D eigenvalue weighted by Crippen LogP contribution is 2.10. The molecule has 5 nitrogen and oxygen atoms in total. The molecule has 0 aliphatic carbocycles. The van der Waals surface area contributed by atoms with Crippen LogP contribution < -0.4 is 4.74 Å². The van der Waals surface area contributed by atoms with Gasteiger partial charge in [-0.15, -0.1) is 0 Å². The topological polar surface area (TPSA) is 83.8 Å². The van der Waals surface area contributed by atoms with E-state index in [0.717, 1.165) is 16.9 Å². The van der Waals surface area contributed by atoms with Crippen LogP contribution >= 0.6 is 0 Å². The number of hydrogen-bond acceptors (Lipinski definition) is 4. The zero-order valence-corrected chi connectivity index (χ0v) is 14.4. The summed E-state index contributed by atoms with van der Waals surface area (Å²) in [6.07, 6.45) is 0.520. The van der Waals surface area contributed by atoms with Gasteiger partial charge >= 0.3 is 0 Å². The van der Waals surface area contributed by atoms with Gasteiger partial charge in [-0.3, -0.25) is 4.55 Å². The number of benzene rings is 2. The fourth-order valence-corrected chi connectivity index (χ4v) is 2.09. The van der Waals surface area contributed by atoms with E-state index in [4.69, 9.17) is 14.4 Å². The van der Waals surface area contributed by atoms with Gasteiger partial charge < -0.3 is 9.84 Å². The van der Waals surface area contributed by atoms with Crippen LogP contribution in [0.5, 0.6) is 5.75 Å². The van der Waals surface area contributed by atoms with Gasteiger partial charge in [-0.1, -0.05) is 29.5 Å². The van der Waals surface area contributed by atoms with E-state index in [1.54, 1.807) is 19.2 Å². The number of ether oxygens (including phenoxy) is 1. The minimum atomic E-state index is -4.02. The van der Waals surface area contributed by atoms with E-state index >= 15 is 0 Å². The lowest BCUT2D eigenvalue weighted by Gasteiger charge is -1.97. The summed E-state index contributed by atoms with van der Waals surface area (Å²) in [5, 5.41) is 8.50. The molecule has 0 unspecified atom stereocenters. The molecule has 0 atom stereocenters. The van der Waals surface area contributed by atoms with Crippen LogP contribution in [0.4, 0.5) is 0 Å². The number of aryl methyl sites for hydroxylation is 1. The summed E-state index contributed by atoms with van der Waals surface area (Å²) in [7, 11) is -2.39. The molecule has 0 radical (unpaired) electrons. The van der Waals surface area contributed by atoms with Crippen LogP contribution in [0.25, 0.3) is 0 Å². The molecule has 0 aromatic heterocycles. The van der Waals surface area contributed by atoms with Gasteiger partial charge in [-0.05, 0) is 43.3 Å². The van der Waals surface area contributed by atoms with Crippen LogP contribution in [0.2, 0.25) is 0 Å². The maximum atomic E-state index is 10.5. The number of rotatable bonds is 3. The Balaban J connectivity index is 0.000000243. The lowest BCUT2D eigenvalue weighted by Crippen LogP contribution is -1.96. The summed E-state index contributed by atoms with van der Waals surface area (Å²) in [4.78, 5) is -0.0666. The largest absolute Gasteiger partial charge is 0.497 e. The SMILES string of the molecule is COc1ccc(C#CCCO)cc1.Cc1ccc(S(=O)(=O)O)cc1. The van der Waals surface area contributed by atoms with Crippen molar-refractivity contribution in [3.63, 3.8) is 0 Å². The first-order valence-electron chi connectivity index (χ1n) is 7.14. The summed E-state index contributed by atoms with van der Waals surface area (Å²) in [5.74, 6) is 6.61. The quantitative estimate of drug-likeness (QED) is 0.658. The van der Waals surface area contributed by atoms with Crippen LogP contribution in [-0.2, 0) is 10.1 Å². The highest BCUT2D eigenvalue weighted by atomic mass is 32.2. The Hall–Kier alpha value is -2.33. The van der Waals surface area contributed by atoms with Crippen molar-refractivity contribution in [1.29, 1.82) is 0 Å². The molecule has 0 heterocycles. The summed E-state index contributed by atoms with van der Waals surface area (Å²) in [5.41, 5.74) is 1.90. The molecule has 2 aromatic carbocycles. The summed E-state index contributed by atoms with van der Waals surface area (Å²) in [6, 6.07) is 13.5. The number of aliphatic hydroxyl groups is 1. The smallest absolute Gasteiger partial charge is 0.294 e. The second-order valence-corrected chi connectivity index (χ2v) is 6.21. The normalized spacial score (nSPS) is 10.0. The monoisotopic (exact) mass is 348 g/mol. The minimum Gasteiger partial charge on any atom is -0.497 e. The van der Waals surface area contributed by atoms with Crippen LogP contribution in [0, 0.1) is 18.8 Å². The molecule has 2 rings (SSSR count). The van der Waals surface area contributed by atoms with Crippen LogP contribution in [0.1, 0.15) is 17.5 Å². The lowest BCUT2D eigenvalue weighted by atomic mass is 10.2. The van der Waals surface area contributed by atoms with Gasteiger partial charge in [0.05, 0.1) is 18.6 Å². The highest BCUT2D eigenvalue weighted by Gasteiger charge is 2.06. The third-order valence-electron chi connectivity index (χ3n) is 2.88. The van der Waals surface area contributed by atoms with E-state index in [9.17, 15) is 8.42 Å². The van der Waals surface area contributed by atoms with Crippen molar-refractivity contribution in [2.75, 3.05) is 13.7 Å². The van der Waals surface area contributed by atoms with Gasteiger partial charge in [-0.25, -0.2) is 0 Å². The van der Waals surface area contributed by atoms with Crippen molar-refractivity contribution in [1.82, 2.24) is 0 Å². The van der Waals surface area contributed by atoms with Gasteiger partial charge in [0, 0.05) is 12.0 Å². The van der Waals surface area contributed by atoms with Crippen molar-refractivity contribution < 1.29 is 22.8 Å². The summed E-state index contributed by atoms with van der Waals surface area (Å²) >= 11 is 0. The number of aliphatic hydroxyl groups excluding tert-OH is 1. The lowest BCUT2D eigenvalue weighted by molar-refractivity contribution is 0.305. The second kappa shape index (κ2) is 9.73. The van der Waals surface area contributed by atoms with Crippen molar-refractivity contribution in [2.45, 2.75) is 18.2 Å². The Kier molecular flexibility index (Phi) is 7.99. The predicted octanol–water partition coefficient (Wildman–Crippen LogP) is 2.67. The van der Waals surface area contributed by atoms with Crippen molar-refractivity contribution >= 4 is 10.1 Å². The zero-order valence-electron chi connectivity index (χ0n) is 13.6. The zero-order chi connectivity index (χ0) is 18.0. The van der Waals surface area contributed by atoms with Gasteiger partial charge in [0.1, 0.15) is 5.75 Å². The summed E-state index contributed by atoms with van der Waals surface area (Å²) < 4.78 is 34.6. The van der Waals surface area contributed by atoms with Gasteiger partial charge in [0.2, 0.25) is 0 Å². The molecule has 0 spiro atoms. The van der Waals surface area contributed by atoms with Gasteiger partial charge in [0.25, 0.3) is 10.1 Å². The van der Waals surface area contributed by atoms with Gasteiger partial charge in [0.15, 0.2) is 0 Å². The first-order chi connectivity index (χ1) is 11.4. The molecule has 2 N–H and O–H groups in total. The molecule has 2 aromatic rings. The van der Waals surface area contributed by atoms with E-state index in [2.05, 4.69) is 11.8 Å². The third kappa shape index (κ3) is 7.29. The van der Waals surface area contributed by atoms with E-state index in [0.29, 0.717) is 6.42 Å². The summed E-state index contributed by atoms with van der Waals surface area (Å²) in [6.45, 7) is 1.96. The molecular formula is C18H20O5S.